The maximum Gasteiger partial charge on any atom is 0.409 e. The van der Waals surface area contributed by atoms with E-state index < -0.39 is 0 Å². The summed E-state index contributed by atoms with van der Waals surface area (Å²) in [6.45, 7) is 6.13. The van der Waals surface area contributed by atoms with Gasteiger partial charge in [0.05, 0.1) is 24.0 Å². The lowest BCUT2D eigenvalue weighted by molar-refractivity contribution is -0.130. The summed E-state index contributed by atoms with van der Waals surface area (Å²) in [5.74, 6) is 1.31. The first-order valence-electron chi connectivity index (χ1n) is 8.97. The predicted octanol–water partition coefficient (Wildman–Crippen LogP) is 1.14. The molecular formula is C17H24N4O4S2. The molecule has 3 rings (SSSR count). The second kappa shape index (κ2) is 9.01. The van der Waals surface area contributed by atoms with Crippen LogP contribution in [0.1, 0.15) is 13.8 Å². The van der Waals surface area contributed by atoms with Crippen LogP contribution in [0.15, 0.2) is 16.0 Å². The van der Waals surface area contributed by atoms with Gasteiger partial charge in [-0.05, 0) is 18.8 Å². The number of piperazine rings is 1. The number of aliphatic imine (C=N–C) groups is 1. The Balaban J connectivity index is 1.40. The van der Waals surface area contributed by atoms with Crippen LogP contribution in [0.5, 0.6) is 0 Å². The summed E-state index contributed by atoms with van der Waals surface area (Å²) in [5.41, 5.74) is 0. The van der Waals surface area contributed by atoms with Gasteiger partial charge in [-0.1, -0.05) is 6.08 Å². The summed E-state index contributed by atoms with van der Waals surface area (Å²) < 4.78 is 4.98. The molecule has 0 unspecified atom stereocenters. The molecule has 148 valence electrons. The zero-order chi connectivity index (χ0) is 19.4. The van der Waals surface area contributed by atoms with Crippen LogP contribution in [0.3, 0.4) is 0 Å². The smallest absolute Gasteiger partial charge is 0.409 e. The molecule has 1 saturated heterocycles. The average Bonchev–Trinajstić information content (AvgIpc) is 3.03. The maximum absolute atomic E-state index is 12.4. The molecule has 2 atom stereocenters. The van der Waals surface area contributed by atoms with Crippen LogP contribution < -0.4 is 5.32 Å². The Morgan fingerprint density at radius 2 is 2.04 bits per heavy atom. The van der Waals surface area contributed by atoms with Crippen molar-refractivity contribution in [2.24, 2.45) is 10.9 Å². The highest BCUT2D eigenvalue weighted by Gasteiger charge is 2.36. The first kappa shape index (κ1) is 20.1. The molecule has 8 nitrogen and oxygen atoms in total. The molecule has 3 aliphatic rings. The molecule has 10 heteroatoms. The number of fused-ring (bicyclic) bond motifs is 1. The van der Waals surface area contributed by atoms with Gasteiger partial charge in [0.1, 0.15) is 11.2 Å². The zero-order valence-corrected chi connectivity index (χ0v) is 17.1. The van der Waals surface area contributed by atoms with Gasteiger partial charge in [-0.25, -0.2) is 4.79 Å². The minimum absolute atomic E-state index is 0.0173. The largest absolute Gasteiger partial charge is 0.450 e. The van der Waals surface area contributed by atoms with E-state index in [0.29, 0.717) is 50.1 Å². The van der Waals surface area contributed by atoms with Crippen LogP contribution >= 0.6 is 23.5 Å². The molecule has 0 bridgehead atoms. The highest BCUT2D eigenvalue weighted by atomic mass is 32.2. The fourth-order valence-corrected chi connectivity index (χ4v) is 5.05. The molecule has 0 aliphatic carbocycles. The van der Waals surface area contributed by atoms with Crippen LogP contribution in [-0.4, -0.2) is 83.2 Å². The van der Waals surface area contributed by atoms with Gasteiger partial charge < -0.3 is 19.9 Å². The number of rotatable bonds is 5. The molecule has 3 heterocycles. The molecule has 0 aromatic heterocycles. The lowest BCUT2D eigenvalue weighted by Gasteiger charge is -2.34. The summed E-state index contributed by atoms with van der Waals surface area (Å²) in [7, 11) is 0. The van der Waals surface area contributed by atoms with Gasteiger partial charge in [0.15, 0.2) is 0 Å². The molecular weight excluding hydrogens is 388 g/mol. The number of carbonyl (C=O) groups is 3. The van der Waals surface area contributed by atoms with E-state index in [9.17, 15) is 14.4 Å². The normalized spacial score (nSPS) is 24.7. The number of amidine groups is 1. The Bertz CT molecular complexity index is 674. The minimum atomic E-state index is -0.321. The number of nitrogens with one attached hydrogen (secondary N) is 1. The monoisotopic (exact) mass is 412 g/mol. The van der Waals surface area contributed by atoms with Crippen molar-refractivity contribution in [1.29, 1.82) is 0 Å². The zero-order valence-electron chi connectivity index (χ0n) is 15.5. The Labute approximate surface area is 167 Å². The number of hydrogen-bond acceptors (Lipinski definition) is 7. The Morgan fingerprint density at radius 3 is 2.74 bits per heavy atom. The molecule has 27 heavy (non-hydrogen) atoms. The molecule has 3 amide bonds. The summed E-state index contributed by atoms with van der Waals surface area (Å²) >= 11 is 3.06. The van der Waals surface area contributed by atoms with Crippen molar-refractivity contribution in [3.63, 3.8) is 0 Å². The van der Waals surface area contributed by atoms with E-state index in [1.165, 1.54) is 11.8 Å². The first-order valence-corrected chi connectivity index (χ1v) is 11.0. The highest BCUT2D eigenvalue weighted by Crippen LogP contribution is 2.38. The van der Waals surface area contributed by atoms with Crippen molar-refractivity contribution < 1.29 is 19.1 Å². The molecule has 0 aromatic carbocycles. The van der Waals surface area contributed by atoms with E-state index in [1.807, 2.05) is 13.0 Å². The third-order valence-electron chi connectivity index (χ3n) is 4.50. The third-order valence-corrected chi connectivity index (χ3v) is 6.58. The van der Waals surface area contributed by atoms with Gasteiger partial charge in [0.25, 0.3) is 0 Å². The van der Waals surface area contributed by atoms with Crippen molar-refractivity contribution in [2.75, 3.05) is 44.3 Å². The van der Waals surface area contributed by atoms with Crippen molar-refractivity contribution in [3.8, 4) is 0 Å². The number of carbonyl (C=O) groups excluding carboxylic acids is 3. The topological polar surface area (TPSA) is 91.3 Å². The quantitative estimate of drug-likeness (QED) is 0.728. The predicted molar refractivity (Wildman–Crippen MR) is 107 cm³/mol. The molecule has 0 spiro atoms. The van der Waals surface area contributed by atoms with E-state index in [4.69, 9.17) is 4.74 Å². The van der Waals surface area contributed by atoms with Crippen LogP contribution in [-0.2, 0) is 14.3 Å². The Morgan fingerprint density at radius 1 is 1.33 bits per heavy atom. The van der Waals surface area contributed by atoms with Gasteiger partial charge >= 0.3 is 6.09 Å². The summed E-state index contributed by atoms with van der Waals surface area (Å²) in [4.78, 5) is 45.3. The van der Waals surface area contributed by atoms with E-state index in [0.717, 1.165) is 4.91 Å². The lowest BCUT2D eigenvalue weighted by Crippen LogP contribution is -2.51. The van der Waals surface area contributed by atoms with Crippen LogP contribution in [0.2, 0.25) is 0 Å². The lowest BCUT2D eigenvalue weighted by atomic mass is 10.1. The second-order valence-electron chi connectivity index (χ2n) is 6.44. The first-order chi connectivity index (χ1) is 13.0. The fourth-order valence-electron chi connectivity index (χ4n) is 3.11. The molecule has 0 radical (unpaired) electrons. The number of amides is 3. The Kier molecular flexibility index (Phi) is 6.69. The third kappa shape index (κ3) is 4.98. The van der Waals surface area contributed by atoms with E-state index >= 15 is 0 Å². The molecule has 0 saturated carbocycles. The Hall–Kier alpha value is -1.68. The van der Waals surface area contributed by atoms with Crippen LogP contribution in [0, 0.1) is 5.92 Å². The SMILES string of the molecule is CCOC(=O)N1CCN(C(=O)CSCC2=N[C@@H]3SC(C)=C[C@H]3C(=O)N2)CC1. The van der Waals surface area contributed by atoms with Crippen molar-refractivity contribution in [2.45, 2.75) is 19.2 Å². The summed E-state index contributed by atoms with van der Waals surface area (Å²) in [6.07, 6.45) is 1.63. The van der Waals surface area contributed by atoms with Crippen molar-refractivity contribution >= 4 is 47.3 Å². The number of nitrogens with zero attached hydrogens (tertiary/aromatic N) is 3. The number of ether oxygens (including phenoxy) is 1. The van der Waals surface area contributed by atoms with E-state index in [2.05, 4.69) is 10.3 Å². The van der Waals surface area contributed by atoms with Gasteiger partial charge in [-0.3, -0.25) is 14.6 Å². The van der Waals surface area contributed by atoms with Gasteiger partial charge in [0, 0.05) is 26.2 Å². The fraction of sp³-hybridized carbons (Fsp3) is 0.647. The van der Waals surface area contributed by atoms with Crippen molar-refractivity contribution in [1.82, 2.24) is 15.1 Å². The standard InChI is InChI=1S/C17H24N4O4S2/c1-3-25-17(24)21-6-4-20(5-7-21)14(22)10-26-9-13-18-15(23)12-8-11(2)27-16(12)19-13/h8,12,16H,3-7,9-10H2,1-2H3,(H,18,19,23)/t12-,16+/m0/s1. The number of thioether (sulfide) groups is 2. The van der Waals surface area contributed by atoms with E-state index in [1.54, 1.807) is 28.5 Å². The molecule has 1 N–H and O–H groups in total. The maximum atomic E-state index is 12.4. The second-order valence-corrected chi connectivity index (χ2v) is 8.78. The van der Waals surface area contributed by atoms with Gasteiger partial charge in [-0.2, -0.15) is 0 Å². The minimum Gasteiger partial charge on any atom is -0.450 e. The number of hydrogen-bond donors (Lipinski definition) is 1. The molecule has 3 aliphatic heterocycles. The number of allylic oxidation sites excluding steroid dienone is 1. The summed E-state index contributed by atoms with van der Waals surface area (Å²) in [5, 5.41) is 2.77. The van der Waals surface area contributed by atoms with Gasteiger partial charge in [0.2, 0.25) is 11.8 Å². The van der Waals surface area contributed by atoms with E-state index in [-0.39, 0.29) is 29.2 Å². The van der Waals surface area contributed by atoms with Crippen molar-refractivity contribution in [3.05, 3.63) is 11.0 Å². The average molecular weight is 413 g/mol. The summed E-state index contributed by atoms with van der Waals surface area (Å²) in [6, 6.07) is 0. The molecule has 1 fully saturated rings. The van der Waals surface area contributed by atoms with Gasteiger partial charge in [-0.15, -0.1) is 23.5 Å². The molecule has 0 aromatic rings. The highest BCUT2D eigenvalue weighted by molar-refractivity contribution is 8.04. The van der Waals surface area contributed by atoms with Crippen LogP contribution in [0.25, 0.3) is 0 Å². The van der Waals surface area contributed by atoms with Crippen LogP contribution in [0.4, 0.5) is 4.79 Å².